The van der Waals surface area contributed by atoms with Crippen molar-refractivity contribution in [2.45, 2.75) is 33.1 Å². The van der Waals surface area contributed by atoms with Crippen LogP contribution in [0.2, 0.25) is 0 Å². The molecule has 0 saturated carbocycles. The monoisotopic (exact) mass is 365 g/mol. The third-order valence-electron chi connectivity index (χ3n) is 6.23. The minimum Gasteiger partial charge on any atom is -0.198 e. The summed E-state index contributed by atoms with van der Waals surface area (Å²) in [4.78, 5) is 0. The van der Waals surface area contributed by atoms with Gasteiger partial charge in [-0.1, -0.05) is 48.5 Å². The first-order chi connectivity index (χ1) is 14.0. The van der Waals surface area contributed by atoms with Gasteiger partial charge in [-0.15, -0.1) is 0 Å². The topological polar surface area (TPSA) is 3.88 Å². The van der Waals surface area contributed by atoms with Crippen molar-refractivity contribution >= 4 is 10.8 Å². The van der Waals surface area contributed by atoms with Gasteiger partial charge in [0.05, 0.1) is 6.76 Å². The largest absolute Gasteiger partial charge is 0.220 e. The molecule has 0 N–H and O–H groups in total. The lowest BCUT2D eigenvalue weighted by Crippen LogP contribution is -2.35. The van der Waals surface area contributed by atoms with Gasteiger partial charge in [-0.2, -0.15) is 4.57 Å². The van der Waals surface area contributed by atoms with Crippen molar-refractivity contribution in [1.29, 1.82) is 0 Å². The number of rotatable bonds is 2. The number of fused-ring (bicyclic) bond motifs is 2. The Morgan fingerprint density at radius 2 is 1.61 bits per heavy atom. The lowest BCUT2D eigenvalue weighted by atomic mass is 9.93. The van der Waals surface area contributed by atoms with E-state index in [1.165, 1.54) is 50.9 Å². The van der Waals surface area contributed by atoms with Crippen LogP contribution in [0.3, 0.4) is 0 Å². The van der Waals surface area contributed by atoms with Gasteiger partial charge >= 0.3 is 0 Å². The van der Waals surface area contributed by atoms with Crippen LogP contribution in [-0.4, -0.2) is 0 Å². The highest BCUT2D eigenvalue weighted by Gasteiger charge is 2.22. The second-order valence-electron chi connectivity index (χ2n) is 8.03. The lowest BCUT2D eigenvalue weighted by molar-refractivity contribution is -0.665. The summed E-state index contributed by atoms with van der Waals surface area (Å²) in [7, 11) is 2.10. The van der Waals surface area contributed by atoms with E-state index in [0.29, 0.717) is 6.04 Å². The van der Waals surface area contributed by atoms with Crippen LogP contribution in [0, 0.1) is 13.8 Å². The van der Waals surface area contributed by atoms with Gasteiger partial charge in [-0.25, -0.2) is 0 Å². The average molecular weight is 366 g/mol. The molecule has 0 amide bonds. The van der Waals surface area contributed by atoms with E-state index in [1.807, 2.05) is 0 Å². The first kappa shape index (κ1) is 16.1. The third-order valence-corrected chi connectivity index (χ3v) is 6.23. The fourth-order valence-electron chi connectivity index (χ4n) is 4.62. The number of hydrogen-bond acceptors (Lipinski definition) is 0. The van der Waals surface area contributed by atoms with Crippen LogP contribution < -0.4 is 4.57 Å². The summed E-state index contributed by atoms with van der Waals surface area (Å²) in [6.45, 7) is 4.26. The second-order valence-corrected chi connectivity index (χ2v) is 8.03. The molecule has 3 aromatic carbocycles. The van der Waals surface area contributed by atoms with Crippen molar-refractivity contribution in [1.82, 2.24) is 0 Å². The third kappa shape index (κ3) is 2.74. The molecule has 138 valence electrons. The van der Waals surface area contributed by atoms with Gasteiger partial charge in [0.25, 0.3) is 0 Å². The number of hydrogen-bond donors (Lipinski definition) is 0. The number of aryl methyl sites for hydroxylation is 3. The zero-order chi connectivity index (χ0) is 20.1. The van der Waals surface area contributed by atoms with Crippen molar-refractivity contribution < 1.29 is 5.94 Å². The maximum absolute atomic E-state index is 8.73. The van der Waals surface area contributed by atoms with E-state index in [1.54, 1.807) is 0 Å². The highest BCUT2D eigenvalue weighted by Crippen LogP contribution is 2.34. The standard InChI is InChI=1S/C27H26N/c1-18-14-23(20-8-5-4-6-9-20)12-13-25(18)27-26-17-22-11-7-10-21(22)16-24(26)15-19(2)28(27)3/h4-6,8-9,12-17H,7,10-11H2,1-3H3/q+1/i15D. The van der Waals surface area contributed by atoms with Gasteiger partial charge in [0, 0.05) is 18.5 Å². The molecule has 1 aliphatic rings. The normalized spacial score (nSPS) is 13.6. The molecule has 1 heterocycles. The molecule has 0 unspecified atom stereocenters. The highest BCUT2D eigenvalue weighted by atomic mass is 14.9. The summed E-state index contributed by atoms with van der Waals surface area (Å²) in [5.41, 5.74) is 10.1. The SMILES string of the molecule is [2H]c1c(C)[n+](C)c(-c2ccc(-c3ccccc3)cc2C)c2cc3c(cc12)CCC3. The van der Waals surface area contributed by atoms with Crippen molar-refractivity contribution in [2.75, 3.05) is 0 Å². The van der Waals surface area contributed by atoms with E-state index in [9.17, 15) is 0 Å². The summed E-state index contributed by atoms with van der Waals surface area (Å²) in [6, 6.07) is 22.6. The molecule has 1 aromatic heterocycles. The molecule has 5 rings (SSSR count). The summed E-state index contributed by atoms with van der Waals surface area (Å²) in [5.74, 6) is 0. The number of pyridine rings is 1. The van der Waals surface area contributed by atoms with Gasteiger partial charge in [-0.3, -0.25) is 0 Å². The molecular weight excluding hydrogens is 338 g/mol. The fourth-order valence-corrected chi connectivity index (χ4v) is 4.62. The second kappa shape index (κ2) is 6.60. The molecule has 1 aliphatic carbocycles. The molecule has 0 bridgehead atoms. The van der Waals surface area contributed by atoms with E-state index >= 15 is 0 Å². The first-order valence-corrected chi connectivity index (χ1v) is 10.2. The van der Waals surface area contributed by atoms with Crippen molar-refractivity contribution in [3.8, 4) is 22.4 Å². The Labute approximate surface area is 168 Å². The molecule has 0 atom stereocenters. The van der Waals surface area contributed by atoms with Gasteiger partial charge in [0.15, 0.2) is 5.69 Å². The number of aromatic nitrogens is 1. The van der Waals surface area contributed by atoms with E-state index in [0.717, 1.165) is 23.9 Å². The Kier molecular flexibility index (Phi) is 3.78. The van der Waals surface area contributed by atoms with Crippen LogP contribution >= 0.6 is 0 Å². The molecule has 28 heavy (non-hydrogen) atoms. The predicted molar refractivity (Wildman–Crippen MR) is 117 cm³/mol. The Bertz CT molecular complexity index is 1260. The summed E-state index contributed by atoms with van der Waals surface area (Å²) in [6.07, 6.45) is 3.52. The number of benzene rings is 3. The van der Waals surface area contributed by atoms with E-state index < -0.39 is 0 Å². The van der Waals surface area contributed by atoms with Crippen molar-refractivity contribution in [3.05, 3.63) is 89.1 Å². The van der Waals surface area contributed by atoms with E-state index in [-0.39, 0.29) is 0 Å². The van der Waals surface area contributed by atoms with Crippen LogP contribution in [0.5, 0.6) is 0 Å². The Morgan fingerprint density at radius 1 is 0.857 bits per heavy atom. The minimum absolute atomic E-state index is 0.652. The summed E-state index contributed by atoms with van der Waals surface area (Å²) < 4.78 is 10.9. The lowest BCUT2D eigenvalue weighted by Gasteiger charge is -2.13. The molecule has 0 spiro atoms. The maximum Gasteiger partial charge on any atom is 0.220 e. The zero-order valence-corrected chi connectivity index (χ0v) is 16.8. The van der Waals surface area contributed by atoms with Crippen molar-refractivity contribution in [3.63, 3.8) is 0 Å². The Hall–Kier alpha value is -2.93. The van der Waals surface area contributed by atoms with Crippen molar-refractivity contribution in [2.24, 2.45) is 7.05 Å². The molecule has 0 fully saturated rings. The summed E-state index contributed by atoms with van der Waals surface area (Å²) in [5, 5.41) is 2.29. The number of nitrogens with zero attached hydrogens (tertiary/aromatic N) is 1. The molecule has 1 heteroatoms. The van der Waals surface area contributed by atoms with Crippen LogP contribution in [0.25, 0.3) is 33.2 Å². The molecule has 0 radical (unpaired) electrons. The zero-order valence-electron chi connectivity index (χ0n) is 17.8. The highest BCUT2D eigenvalue weighted by molar-refractivity contribution is 5.95. The Morgan fingerprint density at radius 3 is 2.36 bits per heavy atom. The van der Waals surface area contributed by atoms with Crippen LogP contribution in [0.15, 0.2) is 66.7 Å². The fraction of sp³-hybridized carbons (Fsp3) is 0.222. The average Bonchev–Trinajstić information content (AvgIpc) is 3.20. The van der Waals surface area contributed by atoms with Crippen LogP contribution in [0.4, 0.5) is 0 Å². The molecule has 0 aliphatic heterocycles. The smallest absolute Gasteiger partial charge is 0.198 e. The van der Waals surface area contributed by atoms with Gasteiger partial charge in [-0.05, 0) is 71.5 Å². The predicted octanol–water partition coefficient (Wildman–Crippen LogP) is 6.10. The minimum atomic E-state index is 0.652. The van der Waals surface area contributed by atoms with Crippen LogP contribution in [0.1, 0.15) is 30.2 Å². The molecular formula is C27H26N+. The Balaban J connectivity index is 1.77. The van der Waals surface area contributed by atoms with Gasteiger partial charge in [0.1, 0.15) is 7.05 Å². The molecule has 0 saturated heterocycles. The molecule has 1 nitrogen and oxygen atoms in total. The maximum atomic E-state index is 8.73. The van der Waals surface area contributed by atoms with Gasteiger partial charge < -0.3 is 0 Å². The van der Waals surface area contributed by atoms with Crippen LogP contribution in [-0.2, 0) is 19.9 Å². The first-order valence-electron chi connectivity index (χ1n) is 10.7. The molecule has 4 aromatic rings. The van der Waals surface area contributed by atoms with E-state index in [4.69, 9.17) is 1.37 Å². The quantitative estimate of drug-likeness (QED) is 0.378. The van der Waals surface area contributed by atoms with E-state index in [2.05, 4.69) is 86.1 Å². The summed E-state index contributed by atoms with van der Waals surface area (Å²) >= 11 is 0. The van der Waals surface area contributed by atoms with Gasteiger partial charge in [0.2, 0.25) is 5.69 Å².